The predicted molar refractivity (Wildman–Crippen MR) is 78.9 cm³/mol. The molecule has 0 aliphatic carbocycles. The van der Waals surface area contributed by atoms with Gasteiger partial charge in [-0.1, -0.05) is 13.8 Å². The predicted octanol–water partition coefficient (Wildman–Crippen LogP) is 4.13. The summed E-state index contributed by atoms with van der Waals surface area (Å²) in [7, 11) is 0. The fourth-order valence-electron chi connectivity index (χ4n) is 2.66. The van der Waals surface area contributed by atoms with Crippen molar-refractivity contribution >= 4 is 6.09 Å². The van der Waals surface area contributed by atoms with Crippen LogP contribution >= 0.6 is 0 Å². The number of amides is 1. The number of carbonyl (C=O) groups is 1. The van der Waals surface area contributed by atoms with Crippen molar-refractivity contribution in [2.24, 2.45) is 0 Å². The molecule has 0 radical (unpaired) electrons. The van der Waals surface area contributed by atoms with Crippen molar-refractivity contribution in [3.8, 4) is 0 Å². The molecule has 0 N–H and O–H groups in total. The molecule has 1 aromatic heterocycles. The first-order valence-electron chi connectivity index (χ1n) is 7.34. The molecule has 0 spiro atoms. The second kappa shape index (κ2) is 5.39. The van der Waals surface area contributed by atoms with Gasteiger partial charge in [-0.3, -0.25) is 4.98 Å². The van der Waals surface area contributed by atoms with E-state index in [9.17, 15) is 18.0 Å². The number of ether oxygens (including phenoxy) is 1. The van der Waals surface area contributed by atoms with Crippen LogP contribution in [0, 0.1) is 0 Å². The molecule has 4 nitrogen and oxygen atoms in total. The van der Waals surface area contributed by atoms with Crippen LogP contribution in [0.15, 0.2) is 12.3 Å². The van der Waals surface area contributed by atoms with E-state index < -0.39 is 28.8 Å². The molecule has 0 atom stereocenters. The summed E-state index contributed by atoms with van der Waals surface area (Å²) in [4.78, 5) is 17.7. The maximum Gasteiger partial charge on any atom is 0.417 e. The van der Waals surface area contributed by atoms with Gasteiger partial charge in [0.1, 0.15) is 5.60 Å². The molecule has 0 unspecified atom stereocenters. The summed E-state index contributed by atoms with van der Waals surface area (Å²) >= 11 is 0. The minimum Gasteiger partial charge on any atom is -0.444 e. The smallest absolute Gasteiger partial charge is 0.417 e. The van der Waals surface area contributed by atoms with Crippen molar-refractivity contribution in [2.45, 2.75) is 58.4 Å². The SMILES string of the molecule is CC(C)(C)OC(=O)N1Cc2cc(C(F)(F)F)cnc2C(C)(C)C1. The van der Waals surface area contributed by atoms with Crippen molar-refractivity contribution in [3.63, 3.8) is 0 Å². The standard InChI is InChI=1S/C16H21F3N2O2/c1-14(2,3)23-13(22)21-8-10-6-11(16(17,18)19)7-20-12(10)15(4,5)9-21/h6-7H,8-9H2,1-5H3. The van der Waals surface area contributed by atoms with Gasteiger partial charge in [-0.25, -0.2) is 4.79 Å². The molecule has 1 aromatic rings. The van der Waals surface area contributed by atoms with Gasteiger partial charge < -0.3 is 9.64 Å². The molecular formula is C16H21F3N2O2. The number of alkyl halides is 3. The Kier molecular flexibility index (Phi) is 4.11. The Morgan fingerprint density at radius 3 is 2.43 bits per heavy atom. The van der Waals surface area contributed by atoms with E-state index in [2.05, 4.69) is 4.98 Å². The van der Waals surface area contributed by atoms with Crippen LogP contribution in [-0.2, 0) is 22.9 Å². The second-order valence-corrected chi connectivity index (χ2v) is 7.45. The molecule has 23 heavy (non-hydrogen) atoms. The van der Waals surface area contributed by atoms with Gasteiger partial charge in [0.15, 0.2) is 0 Å². The van der Waals surface area contributed by atoms with Crippen LogP contribution in [0.25, 0.3) is 0 Å². The average molecular weight is 330 g/mol. The number of fused-ring (bicyclic) bond motifs is 1. The van der Waals surface area contributed by atoms with E-state index >= 15 is 0 Å². The van der Waals surface area contributed by atoms with Gasteiger partial charge in [-0.2, -0.15) is 13.2 Å². The Hall–Kier alpha value is -1.79. The molecule has 1 aliphatic rings. The van der Waals surface area contributed by atoms with Crippen LogP contribution in [0.2, 0.25) is 0 Å². The summed E-state index contributed by atoms with van der Waals surface area (Å²) in [5.74, 6) is 0. The normalized spacial score (nSPS) is 17.7. The second-order valence-electron chi connectivity index (χ2n) is 7.45. The molecule has 0 saturated heterocycles. The highest BCUT2D eigenvalue weighted by atomic mass is 19.4. The number of rotatable bonds is 0. The van der Waals surface area contributed by atoms with E-state index in [1.807, 2.05) is 13.8 Å². The van der Waals surface area contributed by atoms with Crippen LogP contribution in [0.4, 0.5) is 18.0 Å². The largest absolute Gasteiger partial charge is 0.444 e. The third-order valence-corrected chi connectivity index (χ3v) is 3.53. The lowest BCUT2D eigenvalue weighted by Crippen LogP contribution is -2.47. The minimum atomic E-state index is -4.46. The van der Waals surface area contributed by atoms with Gasteiger partial charge in [0.25, 0.3) is 0 Å². The summed E-state index contributed by atoms with van der Waals surface area (Å²) in [5, 5.41) is 0. The molecule has 7 heteroatoms. The maximum absolute atomic E-state index is 12.9. The molecule has 128 valence electrons. The molecule has 0 saturated carbocycles. The van der Waals surface area contributed by atoms with Gasteiger partial charge in [0, 0.05) is 18.2 Å². The van der Waals surface area contributed by atoms with Crippen LogP contribution in [0.1, 0.15) is 51.4 Å². The van der Waals surface area contributed by atoms with Gasteiger partial charge in [0.05, 0.1) is 17.8 Å². The molecule has 2 rings (SSSR count). The highest BCUT2D eigenvalue weighted by molar-refractivity contribution is 5.69. The Balaban J connectivity index is 2.35. The summed E-state index contributed by atoms with van der Waals surface area (Å²) in [5.41, 5.74) is -1.02. The zero-order valence-electron chi connectivity index (χ0n) is 13.9. The first kappa shape index (κ1) is 17.6. The molecule has 1 aliphatic heterocycles. The number of halogens is 3. The fourth-order valence-corrected chi connectivity index (χ4v) is 2.66. The van der Waals surface area contributed by atoms with Gasteiger partial charge in [-0.05, 0) is 32.4 Å². The van der Waals surface area contributed by atoms with Crippen LogP contribution in [0.5, 0.6) is 0 Å². The van der Waals surface area contributed by atoms with Crippen LogP contribution < -0.4 is 0 Å². The Bertz CT molecular complexity index is 619. The fraction of sp³-hybridized carbons (Fsp3) is 0.625. The van der Waals surface area contributed by atoms with Gasteiger partial charge in [-0.15, -0.1) is 0 Å². The minimum absolute atomic E-state index is 0.0601. The summed E-state index contributed by atoms with van der Waals surface area (Å²) in [6, 6.07) is 1.07. The number of carbonyl (C=O) groups excluding carboxylic acids is 1. The topological polar surface area (TPSA) is 42.4 Å². The molecule has 0 fully saturated rings. The van der Waals surface area contributed by atoms with Gasteiger partial charge >= 0.3 is 12.3 Å². The van der Waals surface area contributed by atoms with E-state index in [0.29, 0.717) is 17.8 Å². The Labute approximate surface area is 133 Å². The van der Waals surface area contributed by atoms with E-state index in [-0.39, 0.29) is 6.54 Å². The van der Waals surface area contributed by atoms with Crippen molar-refractivity contribution in [2.75, 3.05) is 6.54 Å². The molecule has 0 aromatic carbocycles. The number of hydrogen-bond acceptors (Lipinski definition) is 3. The van der Waals surface area contributed by atoms with Gasteiger partial charge in [0.2, 0.25) is 0 Å². The monoisotopic (exact) mass is 330 g/mol. The van der Waals surface area contributed by atoms with Crippen molar-refractivity contribution in [3.05, 3.63) is 29.1 Å². The van der Waals surface area contributed by atoms with Crippen molar-refractivity contribution in [1.82, 2.24) is 9.88 Å². The average Bonchev–Trinajstić information content (AvgIpc) is 2.34. The number of aromatic nitrogens is 1. The molecule has 0 bridgehead atoms. The third kappa shape index (κ3) is 3.95. The Morgan fingerprint density at radius 1 is 1.30 bits per heavy atom. The highest BCUT2D eigenvalue weighted by Gasteiger charge is 2.39. The third-order valence-electron chi connectivity index (χ3n) is 3.53. The highest BCUT2D eigenvalue weighted by Crippen LogP contribution is 2.36. The lowest BCUT2D eigenvalue weighted by atomic mass is 9.82. The summed E-state index contributed by atoms with van der Waals surface area (Å²) in [6.07, 6.45) is -4.14. The van der Waals surface area contributed by atoms with E-state index in [1.54, 1.807) is 20.8 Å². The first-order valence-corrected chi connectivity index (χ1v) is 7.34. The lowest BCUT2D eigenvalue weighted by Gasteiger charge is -2.39. The summed E-state index contributed by atoms with van der Waals surface area (Å²) in [6.45, 7) is 9.34. The zero-order valence-corrected chi connectivity index (χ0v) is 13.9. The molecular weight excluding hydrogens is 309 g/mol. The maximum atomic E-state index is 12.9. The van der Waals surface area contributed by atoms with E-state index in [1.165, 1.54) is 4.90 Å². The zero-order chi connectivity index (χ0) is 17.6. The number of nitrogens with zero attached hydrogens (tertiary/aromatic N) is 2. The molecule has 2 heterocycles. The van der Waals surface area contributed by atoms with Crippen LogP contribution in [0.3, 0.4) is 0 Å². The van der Waals surface area contributed by atoms with Crippen molar-refractivity contribution in [1.29, 1.82) is 0 Å². The number of pyridine rings is 1. The summed E-state index contributed by atoms with van der Waals surface area (Å²) < 4.78 is 44.0. The van der Waals surface area contributed by atoms with E-state index in [0.717, 1.165) is 12.3 Å². The Morgan fingerprint density at radius 2 is 1.91 bits per heavy atom. The van der Waals surface area contributed by atoms with E-state index in [4.69, 9.17) is 4.74 Å². The quantitative estimate of drug-likeness (QED) is 0.718. The van der Waals surface area contributed by atoms with Crippen molar-refractivity contribution < 1.29 is 22.7 Å². The van der Waals surface area contributed by atoms with Crippen LogP contribution in [-0.4, -0.2) is 28.1 Å². The lowest BCUT2D eigenvalue weighted by molar-refractivity contribution is -0.137. The number of hydrogen-bond donors (Lipinski definition) is 0. The molecule has 1 amide bonds. The first-order chi connectivity index (χ1) is 10.3.